The monoisotopic (exact) mass is 497 g/mol. The van der Waals surface area contributed by atoms with Gasteiger partial charge in [0.25, 0.3) is 5.56 Å². The van der Waals surface area contributed by atoms with Crippen molar-refractivity contribution in [3.8, 4) is 17.3 Å². The number of hydrogen-bond donors (Lipinski definition) is 2. The fourth-order valence-corrected chi connectivity index (χ4v) is 4.31. The quantitative estimate of drug-likeness (QED) is 0.431. The highest BCUT2D eigenvalue weighted by molar-refractivity contribution is 6.30. The molecule has 0 radical (unpaired) electrons. The lowest BCUT2D eigenvalue weighted by Crippen LogP contribution is -2.45. The van der Waals surface area contributed by atoms with Crippen LogP contribution in [0.25, 0.3) is 23.5 Å². The van der Waals surface area contributed by atoms with E-state index in [9.17, 15) is 10.1 Å². The Kier molecular flexibility index (Phi) is 6.62. The predicted molar refractivity (Wildman–Crippen MR) is 141 cm³/mol. The summed E-state index contributed by atoms with van der Waals surface area (Å²) >= 11 is 6.14. The van der Waals surface area contributed by atoms with Gasteiger partial charge < -0.3 is 20.6 Å². The van der Waals surface area contributed by atoms with Gasteiger partial charge in [-0.2, -0.15) is 5.26 Å². The summed E-state index contributed by atoms with van der Waals surface area (Å²) in [6, 6.07) is 15.7. The van der Waals surface area contributed by atoms with Crippen LogP contribution in [-0.2, 0) is 19.6 Å². The van der Waals surface area contributed by atoms with E-state index in [2.05, 4.69) is 16.5 Å². The van der Waals surface area contributed by atoms with E-state index in [-0.39, 0.29) is 11.3 Å². The van der Waals surface area contributed by atoms with Gasteiger partial charge in [0.15, 0.2) is 0 Å². The van der Waals surface area contributed by atoms with Crippen LogP contribution in [0.3, 0.4) is 0 Å². The van der Waals surface area contributed by atoms with Gasteiger partial charge in [-0.1, -0.05) is 36.4 Å². The van der Waals surface area contributed by atoms with Crippen molar-refractivity contribution in [3.05, 3.63) is 116 Å². The highest BCUT2D eigenvalue weighted by Crippen LogP contribution is 2.34. The lowest BCUT2D eigenvalue weighted by molar-refractivity contribution is 0.601. The summed E-state index contributed by atoms with van der Waals surface area (Å²) in [7, 11) is 3.47. The van der Waals surface area contributed by atoms with Crippen molar-refractivity contribution in [2.24, 2.45) is 25.6 Å². The maximum atomic E-state index is 12.8. The number of nitriles is 1. The van der Waals surface area contributed by atoms with Gasteiger partial charge in [-0.3, -0.25) is 4.79 Å². The van der Waals surface area contributed by atoms with Gasteiger partial charge >= 0.3 is 0 Å². The Hall–Kier alpha value is -4.45. The van der Waals surface area contributed by atoms with Crippen molar-refractivity contribution < 1.29 is 0 Å². The number of aryl methyl sites for hydroxylation is 1. The number of pyridine rings is 2. The summed E-state index contributed by atoms with van der Waals surface area (Å²) in [5.74, 6) is 0. The summed E-state index contributed by atoms with van der Waals surface area (Å²) in [6.07, 6.45) is 6.48. The van der Waals surface area contributed by atoms with Crippen molar-refractivity contribution in [2.45, 2.75) is 5.54 Å². The van der Waals surface area contributed by atoms with Crippen LogP contribution >= 0.6 is 11.6 Å². The summed E-state index contributed by atoms with van der Waals surface area (Å²) < 4.78 is 3.25. The third kappa shape index (κ3) is 4.22. The van der Waals surface area contributed by atoms with Crippen molar-refractivity contribution in [1.82, 2.24) is 19.1 Å². The molecule has 1 atom stereocenters. The molecule has 3 aromatic heterocycles. The average Bonchev–Trinajstić information content (AvgIpc) is 3.32. The van der Waals surface area contributed by atoms with Gasteiger partial charge in [0.05, 0.1) is 29.3 Å². The van der Waals surface area contributed by atoms with Crippen LogP contribution in [0.15, 0.2) is 78.0 Å². The van der Waals surface area contributed by atoms with Crippen LogP contribution in [0, 0.1) is 11.3 Å². The molecular formula is C27H24ClN7O. The van der Waals surface area contributed by atoms with E-state index in [0.717, 1.165) is 5.56 Å². The molecule has 0 aliphatic heterocycles. The first-order valence-electron chi connectivity index (χ1n) is 10.9. The second kappa shape index (κ2) is 9.66. The number of aromatic nitrogens is 4. The molecule has 0 amide bonds. The number of imidazole rings is 1. The van der Waals surface area contributed by atoms with Crippen molar-refractivity contribution >= 4 is 23.9 Å². The Bertz CT molecular complexity index is 1690. The molecular weight excluding hydrogens is 474 g/mol. The van der Waals surface area contributed by atoms with Crippen LogP contribution in [0.2, 0.25) is 5.02 Å². The van der Waals surface area contributed by atoms with E-state index in [1.807, 2.05) is 29.8 Å². The van der Waals surface area contributed by atoms with Crippen LogP contribution in [0.1, 0.15) is 17.0 Å². The van der Waals surface area contributed by atoms with Crippen molar-refractivity contribution in [2.75, 3.05) is 0 Å². The fourth-order valence-electron chi connectivity index (χ4n) is 4.18. The molecule has 36 heavy (non-hydrogen) atoms. The minimum Gasteiger partial charge on any atom is -0.403 e. The van der Waals surface area contributed by atoms with Gasteiger partial charge in [0, 0.05) is 42.2 Å². The highest BCUT2D eigenvalue weighted by atomic mass is 35.5. The minimum atomic E-state index is -1.20. The van der Waals surface area contributed by atoms with Crippen molar-refractivity contribution in [3.63, 3.8) is 0 Å². The van der Waals surface area contributed by atoms with E-state index in [1.54, 1.807) is 56.0 Å². The molecule has 180 valence electrons. The van der Waals surface area contributed by atoms with Gasteiger partial charge in [-0.05, 0) is 41.5 Å². The molecule has 8 nitrogen and oxygen atoms in total. The van der Waals surface area contributed by atoms with E-state index in [0.29, 0.717) is 38.1 Å². The van der Waals surface area contributed by atoms with Crippen LogP contribution < -0.4 is 27.6 Å². The Labute approximate surface area is 212 Å². The van der Waals surface area contributed by atoms with Gasteiger partial charge in [-0.15, -0.1) is 0 Å². The molecule has 0 spiro atoms. The molecule has 0 fully saturated rings. The molecule has 4 rings (SSSR count). The predicted octanol–water partition coefficient (Wildman–Crippen LogP) is 1.64. The topological polar surface area (TPSA) is 129 Å². The van der Waals surface area contributed by atoms with Gasteiger partial charge in [0.2, 0.25) is 0 Å². The zero-order chi connectivity index (χ0) is 26.0. The van der Waals surface area contributed by atoms with Crippen LogP contribution in [-0.4, -0.2) is 19.1 Å². The molecule has 3 heterocycles. The average molecular weight is 498 g/mol. The smallest absolute Gasteiger partial charge is 0.251 e. The summed E-state index contributed by atoms with van der Waals surface area (Å²) in [5, 5.41) is 11.0. The fraction of sp³-hybridized carbons (Fsp3) is 0.111. The van der Waals surface area contributed by atoms with Crippen molar-refractivity contribution in [1.29, 1.82) is 5.26 Å². The number of rotatable bonds is 5. The molecule has 9 heteroatoms. The number of halogens is 1. The normalized spacial score (nSPS) is 13.9. The molecule has 0 aliphatic rings. The molecule has 4 aromatic rings. The van der Waals surface area contributed by atoms with Gasteiger partial charge in [0.1, 0.15) is 17.3 Å². The first kappa shape index (κ1) is 24.7. The maximum Gasteiger partial charge on any atom is 0.251 e. The van der Waals surface area contributed by atoms with E-state index < -0.39 is 5.54 Å². The molecule has 0 bridgehead atoms. The Balaban J connectivity index is 2.07. The number of nitrogens with zero attached hydrogens (tertiary/aromatic N) is 5. The largest absolute Gasteiger partial charge is 0.403 e. The second-order valence-electron chi connectivity index (χ2n) is 8.31. The second-order valence-corrected chi connectivity index (χ2v) is 8.75. The van der Waals surface area contributed by atoms with E-state index in [1.165, 1.54) is 16.8 Å². The number of hydrogen-bond acceptors (Lipinski definition) is 6. The zero-order valence-corrected chi connectivity index (χ0v) is 20.6. The highest BCUT2D eigenvalue weighted by Gasteiger charge is 2.34. The lowest BCUT2D eigenvalue weighted by Gasteiger charge is -2.31. The number of benzene rings is 1. The zero-order valence-electron chi connectivity index (χ0n) is 19.8. The first-order valence-corrected chi connectivity index (χ1v) is 11.3. The van der Waals surface area contributed by atoms with E-state index >= 15 is 0 Å². The lowest BCUT2D eigenvalue weighted by atomic mass is 9.80. The number of nitrogens with two attached hydrogens (primary N) is 2. The molecule has 4 N–H and O–H groups in total. The first-order chi connectivity index (χ1) is 17.2. The SMILES string of the molecule is C=C(/C=c1/c(-c2cccc(C#N)n2)cc(=O)n(C)/c1=C/N)[C@](N)(c1ccc(Cl)cc1)c1cncn1C. The van der Waals surface area contributed by atoms with Gasteiger partial charge in [-0.25, -0.2) is 9.97 Å². The third-order valence-electron chi connectivity index (χ3n) is 6.17. The molecule has 0 saturated heterocycles. The van der Waals surface area contributed by atoms with E-state index in [4.69, 9.17) is 23.1 Å². The Morgan fingerprint density at radius 2 is 1.94 bits per heavy atom. The summed E-state index contributed by atoms with van der Waals surface area (Å²) in [5.41, 5.74) is 14.7. The standard InChI is InChI=1S/C27H24ClN7O/c1-17(27(31,25-15-32-16-34(25)2)18-7-9-19(28)10-8-18)11-22-21(12-26(36)35(3)24(22)14-30)23-6-4-5-20(13-29)33-23/h4-12,14-16H,1,30-31H2,2-3H3/b22-11-,24-14+/t27-/m0/s1. The van der Waals surface area contributed by atoms with Crippen LogP contribution in [0.5, 0.6) is 0 Å². The summed E-state index contributed by atoms with van der Waals surface area (Å²) in [4.78, 5) is 21.4. The van der Waals surface area contributed by atoms with Crippen LogP contribution in [0.4, 0.5) is 0 Å². The molecule has 1 aromatic carbocycles. The maximum absolute atomic E-state index is 12.8. The Morgan fingerprint density at radius 3 is 2.56 bits per heavy atom. The summed E-state index contributed by atoms with van der Waals surface area (Å²) in [6.45, 7) is 4.34. The molecule has 0 aliphatic carbocycles. The minimum absolute atomic E-state index is 0.223. The Morgan fingerprint density at radius 1 is 1.22 bits per heavy atom. The molecule has 0 unspecified atom stereocenters. The third-order valence-corrected chi connectivity index (χ3v) is 6.42. The molecule has 0 saturated carbocycles.